The summed E-state index contributed by atoms with van der Waals surface area (Å²) in [6, 6.07) is 0. The number of rotatable bonds is 20. The molecular weight excluding hydrogens is 367 g/mol. The van der Waals surface area contributed by atoms with Crippen molar-refractivity contribution in [1.82, 2.24) is 12.3 Å². The van der Waals surface area contributed by atoms with Crippen LogP contribution in [0.2, 0.25) is 6.32 Å². The summed E-state index contributed by atoms with van der Waals surface area (Å²) in [6.45, 7) is 4.53. The summed E-state index contributed by atoms with van der Waals surface area (Å²) in [4.78, 5) is 0. The second kappa shape index (κ2) is 32.5. The molecule has 12 N–H and O–H groups in total. The molecule has 0 atom stereocenters. The molecule has 0 fully saturated rings. The summed E-state index contributed by atoms with van der Waals surface area (Å²) in [5.74, 6) is 0.514. The van der Waals surface area contributed by atoms with E-state index in [1.54, 1.807) is 0 Å². The smallest absolute Gasteiger partial charge is 0.427 e. The molecule has 6 nitrogen and oxygen atoms in total. The fourth-order valence-electron chi connectivity index (χ4n) is 3.81. The first-order chi connectivity index (χ1) is 12.2. The third-order valence-corrected chi connectivity index (χ3v) is 5.48. The Bertz CT molecular complexity index is 243. The van der Waals surface area contributed by atoms with E-state index in [2.05, 4.69) is 13.8 Å². The molecule has 0 aromatic heterocycles. The van der Waals surface area contributed by atoms with Gasteiger partial charge in [-0.15, -0.1) is 0 Å². The van der Waals surface area contributed by atoms with Crippen molar-refractivity contribution in [2.45, 2.75) is 136 Å². The van der Waals surface area contributed by atoms with Crippen molar-refractivity contribution in [3.63, 3.8) is 0 Å². The second-order valence-electron chi connectivity index (χ2n) is 8.11. The molecule has 0 saturated heterocycles. The molecule has 29 heavy (non-hydrogen) atoms. The van der Waals surface area contributed by atoms with Crippen LogP contribution in [0.15, 0.2) is 0 Å². The quantitative estimate of drug-likeness (QED) is 0.142. The fourth-order valence-corrected chi connectivity index (χ4v) is 3.81. The molecule has 0 bridgehead atoms. The van der Waals surface area contributed by atoms with Gasteiger partial charge in [0.15, 0.2) is 0 Å². The average molecular weight is 425 g/mol. The molecule has 182 valence electrons. The van der Waals surface area contributed by atoms with Crippen LogP contribution in [0.1, 0.15) is 129 Å². The topological polar surface area (TPSA) is 173 Å². The first kappa shape index (κ1) is 39.3. The highest BCUT2D eigenvalue weighted by Gasteiger charge is 2.16. The highest BCUT2D eigenvalue weighted by Crippen LogP contribution is 2.23. The zero-order valence-electron chi connectivity index (χ0n) is 19.9. The van der Waals surface area contributed by atoms with E-state index in [1.807, 2.05) is 0 Å². The molecule has 0 radical (unpaired) electrons. The van der Waals surface area contributed by atoms with Crippen LogP contribution in [-0.4, -0.2) is 28.1 Å². The molecule has 0 saturated carbocycles. The van der Waals surface area contributed by atoms with Gasteiger partial charge in [-0.05, 0) is 12.2 Å². The van der Waals surface area contributed by atoms with E-state index in [0.29, 0.717) is 12.2 Å². The summed E-state index contributed by atoms with van der Waals surface area (Å²) in [5, 5.41) is 18.6. The van der Waals surface area contributed by atoms with Gasteiger partial charge in [0.1, 0.15) is 0 Å². The number of unbranched alkanes of at least 4 members (excludes halogenated alkanes) is 14. The van der Waals surface area contributed by atoms with Crippen molar-refractivity contribution in [2.24, 2.45) is 5.92 Å². The van der Waals surface area contributed by atoms with Crippen LogP contribution in [0.3, 0.4) is 0 Å². The van der Waals surface area contributed by atoms with E-state index >= 15 is 0 Å². The van der Waals surface area contributed by atoms with Crippen molar-refractivity contribution >= 4 is 7.12 Å². The molecule has 0 spiro atoms. The van der Waals surface area contributed by atoms with Gasteiger partial charge in [0, 0.05) is 0 Å². The number of hydrogen-bond donors (Lipinski definition) is 4. The van der Waals surface area contributed by atoms with E-state index < -0.39 is 7.12 Å². The molecule has 0 aliphatic heterocycles. The summed E-state index contributed by atoms with van der Waals surface area (Å²) < 4.78 is 0. The van der Waals surface area contributed by atoms with E-state index in [1.165, 1.54) is 116 Å². The van der Waals surface area contributed by atoms with Gasteiger partial charge in [0.25, 0.3) is 0 Å². The predicted octanol–water partition coefficient (Wildman–Crippen LogP) is 5.81. The zero-order chi connectivity index (χ0) is 18.6. The van der Waals surface area contributed by atoms with Crippen LogP contribution in [0, 0.1) is 5.92 Å². The minimum Gasteiger partial charge on any atom is -0.427 e. The van der Waals surface area contributed by atoms with Gasteiger partial charge < -0.3 is 33.3 Å². The van der Waals surface area contributed by atoms with Crippen LogP contribution in [0.25, 0.3) is 0 Å². The van der Waals surface area contributed by atoms with Gasteiger partial charge in [-0.25, -0.2) is 0 Å². The Morgan fingerprint density at radius 3 is 1.07 bits per heavy atom. The Morgan fingerprint density at radius 1 is 0.517 bits per heavy atom. The van der Waals surface area contributed by atoms with Gasteiger partial charge >= 0.3 is 7.12 Å². The average Bonchev–Trinajstić information content (AvgIpc) is 2.58. The summed E-state index contributed by atoms with van der Waals surface area (Å²) in [5.41, 5.74) is 0. The van der Waals surface area contributed by atoms with Gasteiger partial charge in [-0.2, -0.15) is 0 Å². The lowest BCUT2D eigenvalue weighted by Crippen LogP contribution is -2.16. The monoisotopic (exact) mass is 424 g/mol. The summed E-state index contributed by atoms with van der Waals surface area (Å²) in [6.07, 6.45) is 24.6. The SMILES string of the molecule is CCCCCCCCCCC(CCCCCCCCCC)CB(O)O.N.N.O.O. The van der Waals surface area contributed by atoms with Crippen LogP contribution in [0.4, 0.5) is 0 Å². The first-order valence-electron chi connectivity index (χ1n) is 11.6. The molecule has 0 heterocycles. The van der Waals surface area contributed by atoms with Crippen LogP contribution in [-0.2, 0) is 0 Å². The molecule has 0 aromatic carbocycles. The third-order valence-electron chi connectivity index (χ3n) is 5.48. The van der Waals surface area contributed by atoms with Crippen LogP contribution >= 0.6 is 0 Å². The van der Waals surface area contributed by atoms with E-state index in [-0.39, 0.29) is 23.3 Å². The minimum absolute atomic E-state index is 0. The van der Waals surface area contributed by atoms with Gasteiger partial charge in [0.05, 0.1) is 0 Å². The molecule has 0 rings (SSSR count). The van der Waals surface area contributed by atoms with Crippen molar-refractivity contribution in [3.8, 4) is 0 Å². The molecule has 0 aliphatic carbocycles. The number of hydrogen-bond acceptors (Lipinski definition) is 4. The molecule has 0 unspecified atom stereocenters. The van der Waals surface area contributed by atoms with Gasteiger partial charge in [0.2, 0.25) is 0 Å². The Kier molecular flexibility index (Phi) is 44.0. The third kappa shape index (κ3) is 32.7. The Morgan fingerprint density at radius 2 is 0.793 bits per heavy atom. The normalized spacial score (nSPS) is 9.83. The second-order valence-corrected chi connectivity index (χ2v) is 8.11. The van der Waals surface area contributed by atoms with Gasteiger partial charge in [-0.3, -0.25) is 0 Å². The maximum absolute atomic E-state index is 9.32. The highest BCUT2D eigenvalue weighted by molar-refractivity contribution is 6.41. The lowest BCUT2D eigenvalue weighted by atomic mass is 9.74. The fraction of sp³-hybridized carbons (Fsp3) is 1.00. The Labute approximate surface area is 182 Å². The van der Waals surface area contributed by atoms with Crippen molar-refractivity contribution in [1.29, 1.82) is 0 Å². The largest absolute Gasteiger partial charge is 0.451 e. The van der Waals surface area contributed by atoms with E-state index in [9.17, 15) is 10.0 Å². The maximum atomic E-state index is 9.32. The van der Waals surface area contributed by atoms with Crippen molar-refractivity contribution < 1.29 is 21.0 Å². The van der Waals surface area contributed by atoms with E-state index in [4.69, 9.17) is 0 Å². The lowest BCUT2D eigenvalue weighted by Gasteiger charge is -2.16. The molecule has 0 aliphatic rings. The van der Waals surface area contributed by atoms with E-state index in [0.717, 1.165) is 0 Å². The molecular formula is C22H57BN2O4. The summed E-state index contributed by atoms with van der Waals surface area (Å²) >= 11 is 0. The highest BCUT2D eigenvalue weighted by atomic mass is 16.4. The minimum atomic E-state index is -1.12. The molecule has 0 amide bonds. The van der Waals surface area contributed by atoms with Gasteiger partial charge in [-0.1, -0.05) is 129 Å². The van der Waals surface area contributed by atoms with Crippen molar-refractivity contribution in [3.05, 3.63) is 0 Å². The first-order valence-corrected chi connectivity index (χ1v) is 11.6. The Hall–Kier alpha value is -0.175. The lowest BCUT2D eigenvalue weighted by molar-refractivity contribution is 0.360. The predicted molar refractivity (Wildman–Crippen MR) is 130 cm³/mol. The molecule has 0 aromatic rings. The maximum Gasteiger partial charge on any atom is 0.451 e. The van der Waals surface area contributed by atoms with Crippen molar-refractivity contribution in [2.75, 3.05) is 0 Å². The zero-order valence-corrected chi connectivity index (χ0v) is 19.9. The van der Waals surface area contributed by atoms with Crippen LogP contribution < -0.4 is 12.3 Å². The summed E-state index contributed by atoms with van der Waals surface area (Å²) in [7, 11) is -1.12. The van der Waals surface area contributed by atoms with Crippen LogP contribution in [0.5, 0.6) is 0 Å². The standard InChI is InChI=1S/C22H47BO2.2H3N.2H2O/c1-3-5-7-9-11-13-15-17-19-22(21-23(24)25)20-18-16-14-12-10-8-6-4-2;;;;/h22,24-25H,3-21H2,1-2H3;2*1H3;2*1H2. The Balaban J connectivity index is -0.000000480. The molecule has 7 heteroatoms.